The Hall–Kier alpha value is -0.700. The number of allylic oxidation sites excluding steroid dienone is 1. The van der Waals surface area contributed by atoms with Crippen molar-refractivity contribution in [3.8, 4) is 0 Å². The van der Waals surface area contributed by atoms with Crippen LogP contribution in [0, 0.1) is 0 Å². The van der Waals surface area contributed by atoms with Crippen molar-refractivity contribution in [1.29, 1.82) is 0 Å². The number of halogens is 1. The van der Waals surface area contributed by atoms with Crippen LogP contribution in [0.15, 0.2) is 17.4 Å². The normalized spacial score (nSPS) is 13.7. The van der Waals surface area contributed by atoms with Crippen molar-refractivity contribution in [3.63, 3.8) is 0 Å². The molecule has 0 radical (unpaired) electrons. The number of hydrazone groups is 1. The lowest BCUT2D eigenvalue weighted by Gasteiger charge is -1.97. The average molecular weight is 120 g/mol. The Morgan fingerprint density at radius 2 is 2.29 bits per heavy atom. The minimum absolute atomic E-state index is 0. The first-order valence-electron chi connectivity index (χ1n) is 1.69. The molecule has 7 heavy (non-hydrogen) atoms. The highest BCUT2D eigenvalue weighted by atomic mass is 35.5. The lowest BCUT2D eigenvalue weighted by Crippen LogP contribution is -2.22. The summed E-state index contributed by atoms with van der Waals surface area (Å²) in [5, 5.41) is 3.60. The molecule has 2 N–H and O–H groups in total. The molecule has 1 aliphatic rings. The summed E-state index contributed by atoms with van der Waals surface area (Å²) in [6.07, 6.45) is 5.22. The third-order valence-electron chi connectivity index (χ3n) is 0.469. The van der Waals surface area contributed by atoms with Gasteiger partial charge in [0.2, 0.25) is 0 Å². The van der Waals surface area contributed by atoms with Crippen LogP contribution >= 0.6 is 12.4 Å². The molecule has 3 nitrogen and oxygen atoms in total. The fourth-order valence-electron chi connectivity index (χ4n) is 0.246. The molecule has 0 saturated heterocycles. The lowest BCUT2D eigenvalue weighted by molar-refractivity contribution is 0.664. The lowest BCUT2D eigenvalue weighted by atomic mass is 10.7. The molecule has 1 rings (SSSR count). The second kappa shape index (κ2) is 3.49. The van der Waals surface area contributed by atoms with E-state index in [1.54, 1.807) is 18.5 Å². The fraction of sp³-hybridized carbons (Fsp3) is 0. The monoisotopic (exact) mass is 119 g/mol. The Balaban J connectivity index is 0.000000360. The number of nitrogens with one attached hydrogen (secondary N) is 2. The van der Waals surface area contributed by atoms with Crippen molar-refractivity contribution in [2.24, 2.45) is 5.10 Å². The molecule has 0 atom stereocenters. The number of nitrogens with zero attached hydrogens (tertiary/aromatic N) is 1. The van der Waals surface area contributed by atoms with E-state index in [-0.39, 0.29) is 12.4 Å². The standard InChI is InChI=1S/C3H5N3.ClH/c1-2-4-6-5-3-1;/h1-4,6H;1H. The first-order valence-corrected chi connectivity index (χ1v) is 1.69. The Morgan fingerprint density at radius 1 is 1.43 bits per heavy atom. The zero-order valence-corrected chi connectivity index (χ0v) is 4.40. The summed E-state index contributed by atoms with van der Waals surface area (Å²) >= 11 is 0. The van der Waals surface area contributed by atoms with E-state index in [4.69, 9.17) is 0 Å². The summed E-state index contributed by atoms with van der Waals surface area (Å²) in [6.45, 7) is 0. The van der Waals surface area contributed by atoms with Crippen LogP contribution in [0.1, 0.15) is 0 Å². The Labute approximate surface area is 47.9 Å². The number of hydrazine groups is 1. The van der Waals surface area contributed by atoms with Gasteiger partial charge in [0, 0.05) is 6.20 Å². The molecule has 0 aromatic heterocycles. The number of hydrogen-bond donors (Lipinski definition) is 2. The van der Waals surface area contributed by atoms with E-state index in [0.717, 1.165) is 0 Å². The van der Waals surface area contributed by atoms with Crippen LogP contribution in [-0.4, -0.2) is 6.21 Å². The van der Waals surface area contributed by atoms with Gasteiger partial charge in [0.1, 0.15) is 0 Å². The van der Waals surface area contributed by atoms with Gasteiger partial charge >= 0.3 is 0 Å². The molecule has 0 aliphatic carbocycles. The molecule has 0 aromatic rings. The van der Waals surface area contributed by atoms with Gasteiger partial charge in [-0.15, -0.1) is 12.4 Å². The number of hydrogen-bond acceptors (Lipinski definition) is 3. The molecule has 0 fully saturated rings. The van der Waals surface area contributed by atoms with Gasteiger partial charge in [0.25, 0.3) is 0 Å². The first-order chi connectivity index (χ1) is 3.00. The summed E-state index contributed by atoms with van der Waals surface area (Å²) in [5.74, 6) is 0. The maximum Gasteiger partial charge on any atom is 0.0503 e. The van der Waals surface area contributed by atoms with E-state index >= 15 is 0 Å². The molecule has 0 amide bonds. The highest BCUT2D eigenvalue weighted by Crippen LogP contribution is 1.64. The highest BCUT2D eigenvalue weighted by molar-refractivity contribution is 5.85. The third-order valence-corrected chi connectivity index (χ3v) is 0.469. The number of rotatable bonds is 0. The van der Waals surface area contributed by atoms with Crippen molar-refractivity contribution in [2.45, 2.75) is 0 Å². The van der Waals surface area contributed by atoms with Crippen LogP contribution in [0.5, 0.6) is 0 Å². The zero-order chi connectivity index (χ0) is 4.24. The van der Waals surface area contributed by atoms with Crippen LogP contribution < -0.4 is 11.0 Å². The largest absolute Gasteiger partial charge is 0.292 e. The van der Waals surface area contributed by atoms with Gasteiger partial charge in [-0.25, -0.2) is 5.53 Å². The fourth-order valence-corrected chi connectivity index (χ4v) is 0.246. The van der Waals surface area contributed by atoms with Gasteiger partial charge < -0.3 is 0 Å². The van der Waals surface area contributed by atoms with Crippen molar-refractivity contribution in [1.82, 2.24) is 11.0 Å². The van der Waals surface area contributed by atoms with Gasteiger partial charge in [-0.2, -0.15) is 5.10 Å². The van der Waals surface area contributed by atoms with Gasteiger partial charge in [0.05, 0.1) is 6.21 Å². The van der Waals surface area contributed by atoms with E-state index in [2.05, 4.69) is 16.1 Å². The molecule has 0 spiro atoms. The Kier molecular flexibility index (Phi) is 3.14. The minimum Gasteiger partial charge on any atom is -0.292 e. The van der Waals surface area contributed by atoms with E-state index in [0.29, 0.717) is 0 Å². The quantitative estimate of drug-likeness (QED) is 0.472. The topological polar surface area (TPSA) is 36.4 Å². The second-order valence-corrected chi connectivity index (χ2v) is 0.893. The second-order valence-electron chi connectivity index (χ2n) is 0.893. The van der Waals surface area contributed by atoms with E-state index in [1.807, 2.05) is 0 Å². The van der Waals surface area contributed by atoms with Gasteiger partial charge in [-0.05, 0) is 6.08 Å². The predicted molar refractivity (Wildman–Crippen MR) is 31.2 cm³/mol. The molecule has 0 aromatic carbocycles. The van der Waals surface area contributed by atoms with Crippen LogP contribution in [0.4, 0.5) is 0 Å². The van der Waals surface area contributed by atoms with Crippen LogP contribution in [0.3, 0.4) is 0 Å². The summed E-state index contributed by atoms with van der Waals surface area (Å²) in [6, 6.07) is 0. The average Bonchev–Trinajstić information content (AvgIpc) is 1.72. The van der Waals surface area contributed by atoms with Crippen molar-refractivity contribution in [3.05, 3.63) is 12.3 Å². The molecule has 4 heteroatoms. The van der Waals surface area contributed by atoms with Crippen LogP contribution in [0.2, 0.25) is 0 Å². The van der Waals surface area contributed by atoms with Crippen LogP contribution in [-0.2, 0) is 0 Å². The summed E-state index contributed by atoms with van der Waals surface area (Å²) in [5.41, 5.74) is 5.17. The SMILES string of the molecule is C1=CNNN=C1.Cl. The van der Waals surface area contributed by atoms with Gasteiger partial charge in [-0.3, -0.25) is 5.43 Å². The van der Waals surface area contributed by atoms with Crippen molar-refractivity contribution >= 4 is 18.6 Å². The van der Waals surface area contributed by atoms with Gasteiger partial charge in [-0.1, -0.05) is 0 Å². The van der Waals surface area contributed by atoms with E-state index in [1.165, 1.54) is 0 Å². The molecular formula is C3H6ClN3. The summed E-state index contributed by atoms with van der Waals surface area (Å²) in [4.78, 5) is 0. The van der Waals surface area contributed by atoms with E-state index in [9.17, 15) is 0 Å². The third kappa shape index (κ3) is 2.05. The molecule has 40 valence electrons. The molecule has 0 saturated carbocycles. The zero-order valence-electron chi connectivity index (χ0n) is 3.59. The maximum atomic E-state index is 3.60. The van der Waals surface area contributed by atoms with Crippen LogP contribution in [0.25, 0.3) is 0 Å². The smallest absolute Gasteiger partial charge is 0.0503 e. The summed E-state index contributed by atoms with van der Waals surface area (Å²) in [7, 11) is 0. The Bertz CT molecular complexity index is 76.2. The summed E-state index contributed by atoms with van der Waals surface area (Å²) < 4.78 is 0. The Morgan fingerprint density at radius 3 is 2.43 bits per heavy atom. The molecule has 0 bridgehead atoms. The minimum atomic E-state index is 0. The van der Waals surface area contributed by atoms with Gasteiger partial charge in [0.15, 0.2) is 0 Å². The van der Waals surface area contributed by atoms with Crippen molar-refractivity contribution in [2.75, 3.05) is 0 Å². The molecule has 1 aliphatic heterocycles. The maximum absolute atomic E-state index is 3.60. The molecule has 1 heterocycles. The highest BCUT2D eigenvalue weighted by Gasteiger charge is 1.70. The molecular weight excluding hydrogens is 114 g/mol. The van der Waals surface area contributed by atoms with Crippen molar-refractivity contribution < 1.29 is 0 Å². The molecule has 0 unspecified atom stereocenters. The van der Waals surface area contributed by atoms with E-state index < -0.39 is 0 Å². The first kappa shape index (κ1) is 6.30. The predicted octanol–water partition coefficient (Wildman–Crippen LogP) is 0.0155.